The Balaban J connectivity index is 0.00000324. The van der Waals surface area contributed by atoms with Crippen molar-refractivity contribution in [3.8, 4) is 11.3 Å². The first-order chi connectivity index (χ1) is 15.9. The van der Waals surface area contributed by atoms with E-state index in [4.69, 9.17) is 0 Å². The van der Waals surface area contributed by atoms with E-state index < -0.39 is 11.6 Å². The lowest BCUT2D eigenvalue weighted by Crippen LogP contribution is -2.47. The van der Waals surface area contributed by atoms with Crippen LogP contribution in [0.2, 0.25) is 0 Å². The smallest absolute Gasteiger partial charge is 0.253 e. The van der Waals surface area contributed by atoms with Gasteiger partial charge in [0.1, 0.15) is 11.6 Å². The summed E-state index contributed by atoms with van der Waals surface area (Å²) in [7, 11) is 1.98. The first-order valence-corrected chi connectivity index (χ1v) is 11.4. The predicted octanol–water partition coefficient (Wildman–Crippen LogP) is 4.64. The van der Waals surface area contributed by atoms with Crippen LogP contribution in [0.3, 0.4) is 0 Å². The van der Waals surface area contributed by atoms with E-state index in [1.807, 2.05) is 59.8 Å². The molecular formula is C26H31ClF2N4O. The summed E-state index contributed by atoms with van der Waals surface area (Å²) in [6, 6.07) is 15.7. The van der Waals surface area contributed by atoms with Gasteiger partial charge in [0.25, 0.3) is 5.91 Å². The Bertz CT molecular complexity index is 1110. The fourth-order valence-electron chi connectivity index (χ4n) is 4.37. The monoisotopic (exact) mass is 488 g/mol. The van der Waals surface area contributed by atoms with E-state index in [0.29, 0.717) is 30.9 Å². The summed E-state index contributed by atoms with van der Waals surface area (Å²) in [4.78, 5) is 17.0. The largest absolute Gasteiger partial charge is 0.367 e. The third-order valence-corrected chi connectivity index (χ3v) is 6.41. The Labute approximate surface area is 205 Å². The predicted molar refractivity (Wildman–Crippen MR) is 135 cm³/mol. The zero-order valence-electron chi connectivity index (χ0n) is 19.6. The summed E-state index contributed by atoms with van der Waals surface area (Å²) in [5.41, 5.74) is 4.20. The van der Waals surface area contributed by atoms with Gasteiger partial charge in [-0.1, -0.05) is 30.3 Å². The van der Waals surface area contributed by atoms with Gasteiger partial charge >= 0.3 is 0 Å². The van der Waals surface area contributed by atoms with Crippen molar-refractivity contribution in [2.24, 2.45) is 7.05 Å². The van der Waals surface area contributed by atoms with Crippen LogP contribution >= 0.6 is 12.4 Å². The van der Waals surface area contributed by atoms with Crippen LogP contribution in [0.15, 0.2) is 54.6 Å². The first kappa shape index (κ1) is 25.7. The second kappa shape index (κ2) is 11.5. The van der Waals surface area contributed by atoms with E-state index in [1.54, 1.807) is 0 Å². The second-order valence-electron chi connectivity index (χ2n) is 8.49. The molecule has 2 aromatic carbocycles. The fraction of sp³-hybridized carbons (Fsp3) is 0.346. The maximum absolute atomic E-state index is 14.0. The quantitative estimate of drug-likeness (QED) is 0.492. The fourth-order valence-corrected chi connectivity index (χ4v) is 4.37. The normalized spacial score (nSPS) is 14.1. The SMILES string of the molecule is Cc1c(C(=O)NCCCN2CCN(c3ccc(F)cc3F)CC2)cc(-c2ccccc2)n1C.Cl. The van der Waals surface area contributed by atoms with Gasteiger partial charge in [0, 0.05) is 57.2 Å². The highest BCUT2D eigenvalue weighted by atomic mass is 35.5. The Kier molecular flexibility index (Phi) is 8.69. The van der Waals surface area contributed by atoms with Crippen molar-refractivity contribution in [1.29, 1.82) is 0 Å². The van der Waals surface area contributed by atoms with Gasteiger partial charge in [0.2, 0.25) is 0 Å². The Morgan fingerprint density at radius 2 is 1.71 bits per heavy atom. The molecule has 0 atom stereocenters. The highest BCUT2D eigenvalue weighted by Crippen LogP contribution is 2.25. The molecule has 1 fully saturated rings. The Morgan fingerprint density at radius 1 is 1.00 bits per heavy atom. The average molecular weight is 489 g/mol. The summed E-state index contributed by atoms with van der Waals surface area (Å²) in [5, 5.41) is 3.04. The molecule has 1 saturated heterocycles. The number of nitrogens with one attached hydrogen (secondary N) is 1. The third kappa shape index (κ3) is 5.77. The number of hydrogen-bond donors (Lipinski definition) is 1. The van der Waals surface area contributed by atoms with Crippen LogP contribution in [0, 0.1) is 18.6 Å². The van der Waals surface area contributed by atoms with Crippen molar-refractivity contribution >= 4 is 24.0 Å². The lowest BCUT2D eigenvalue weighted by molar-refractivity contribution is 0.0950. The zero-order chi connectivity index (χ0) is 23.4. The van der Waals surface area contributed by atoms with Gasteiger partial charge in [0.05, 0.1) is 11.3 Å². The van der Waals surface area contributed by atoms with Crippen LogP contribution < -0.4 is 10.2 Å². The number of carbonyl (C=O) groups is 1. The number of piperazine rings is 1. The van der Waals surface area contributed by atoms with E-state index in [0.717, 1.165) is 49.1 Å². The van der Waals surface area contributed by atoms with Crippen LogP contribution in [0.4, 0.5) is 14.5 Å². The van der Waals surface area contributed by atoms with Crippen molar-refractivity contribution < 1.29 is 13.6 Å². The molecule has 1 aliphatic rings. The van der Waals surface area contributed by atoms with Crippen LogP contribution in [0.25, 0.3) is 11.3 Å². The summed E-state index contributed by atoms with van der Waals surface area (Å²) in [5.74, 6) is -1.13. The van der Waals surface area contributed by atoms with E-state index in [-0.39, 0.29) is 18.3 Å². The molecule has 182 valence electrons. The van der Waals surface area contributed by atoms with Crippen LogP contribution in [0.1, 0.15) is 22.5 Å². The molecule has 0 saturated carbocycles. The number of anilines is 1. The van der Waals surface area contributed by atoms with Gasteiger partial charge in [-0.2, -0.15) is 0 Å². The van der Waals surface area contributed by atoms with Crippen molar-refractivity contribution in [2.75, 3.05) is 44.2 Å². The third-order valence-electron chi connectivity index (χ3n) is 6.41. The Hall–Kier alpha value is -2.90. The summed E-state index contributed by atoms with van der Waals surface area (Å²) in [6.45, 7) is 6.43. The van der Waals surface area contributed by atoms with Crippen molar-refractivity contribution in [2.45, 2.75) is 13.3 Å². The highest BCUT2D eigenvalue weighted by Gasteiger charge is 2.20. The van der Waals surface area contributed by atoms with Crippen LogP contribution in [-0.2, 0) is 7.05 Å². The highest BCUT2D eigenvalue weighted by molar-refractivity contribution is 5.97. The molecule has 3 aromatic rings. The number of nitrogens with zero attached hydrogens (tertiary/aromatic N) is 3. The molecule has 8 heteroatoms. The second-order valence-corrected chi connectivity index (χ2v) is 8.49. The molecule has 0 unspecified atom stereocenters. The number of hydrogen-bond acceptors (Lipinski definition) is 3. The van der Waals surface area contributed by atoms with Gasteiger partial charge < -0.3 is 14.8 Å². The molecule has 4 rings (SSSR count). The Morgan fingerprint density at radius 3 is 2.38 bits per heavy atom. The van der Waals surface area contributed by atoms with Crippen LogP contribution in [-0.4, -0.2) is 54.6 Å². The van der Waals surface area contributed by atoms with Crippen molar-refractivity contribution in [3.63, 3.8) is 0 Å². The standard InChI is InChI=1S/C26H30F2N4O.ClH/c1-19-22(18-25(30(19)2)20-7-4-3-5-8-20)26(33)29-11-6-12-31-13-15-32(16-14-31)24-10-9-21(27)17-23(24)28;/h3-5,7-10,17-18H,6,11-16H2,1-2H3,(H,29,33);1H. The minimum atomic E-state index is -0.557. The van der Waals surface area contributed by atoms with Gasteiger partial charge in [-0.25, -0.2) is 8.78 Å². The minimum Gasteiger partial charge on any atom is -0.367 e. The molecule has 0 spiro atoms. The zero-order valence-corrected chi connectivity index (χ0v) is 20.4. The number of rotatable bonds is 7. The van der Waals surface area contributed by atoms with Gasteiger partial charge in [-0.15, -0.1) is 12.4 Å². The van der Waals surface area contributed by atoms with Crippen molar-refractivity contribution in [3.05, 3.63) is 77.5 Å². The molecule has 2 heterocycles. The minimum absolute atomic E-state index is 0. The van der Waals surface area contributed by atoms with E-state index in [1.165, 1.54) is 12.1 Å². The molecule has 34 heavy (non-hydrogen) atoms. The molecular weight excluding hydrogens is 458 g/mol. The lowest BCUT2D eigenvalue weighted by atomic mass is 10.1. The molecule has 1 amide bonds. The maximum Gasteiger partial charge on any atom is 0.253 e. The first-order valence-electron chi connectivity index (χ1n) is 11.4. The molecule has 1 N–H and O–H groups in total. The maximum atomic E-state index is 14.0. The number of halogens is 3. The van der Waals surface area contributed by atoms with E-state index >= 15 is 0 Å². The van der Waals surface area contributed by atoms with Gasteiger partial charge in [-0.3, -0.25) is 9.69 Å². The number of aromatic nitrogens is 1. The molecule has 0 radical (unpaired) electrons. The molecule has 0 aliphatic carbocycles. The summed E-state index contributed by atoms with van der Waals surface area (Å²) >= 11 is 0. The van der Waals surface area contributed by atoms with Gasteiger partial charge in [0.15, 0.2) is 0 Å². The number of benzene rings is 2. The topological polar surface area (TPSA) is 40.5 Å². The summed E-state index contributed by atoms with van der Waals surface area (Å²) in [6.07, 6.45) is 0.841. The lowest BCUT2D eigenvalue weighted by Gasteiger charge is -2.36. The van der Waals surface area contributed by atoms with Crippen LogP contribution in [0.5, 0.6) is 0 Å². The van der Waals surface area contributed by atoms with E-state index in [2.05, 4.69) is 10.2 Å². The molecule has 5 nitrogen and oxygen atoms in total. The summed E-state index contributed by atoms with van der Waals surface area (Å²) < 4.78 is 29.2. The molecule has 0 bridgehead atoms. The number of carbonyl (C=O) groups excluding carboxylic acids is 1. The average Bonchev–Trinajstić information content (AvgIpc) is 3.12. The molecule has 1 aliphatic heterocycles. The molecule has 1 aromatic heterocycles. The number of amides is 1. The van der Waals surface area contributed by atoms with E-state index in [9.17, 15) is 13.6 Å². The van der Waals surface area contributed by atoms with Crippen molar-refractivity contribution in [1.82, 2.24) is 14.8 Å². The van der Waals surface area contributed by atoms with Gasteiger partial charge in [-0.05, 0) is 43.7 Å².